The van der Waals surface area contributed by atoms with Gasteiger partial charge in [-0.25, -0.2) is 13.4 Å². The first-order valence-corrected chi connectivity index (χ1v) is 11.3. The fourth-order valence-electron chi connectivity index (χ4n) is 3.13. The maximum atomic E-state index is 12.0. The number of fused-ring (bicyclic) bond motifs is 1. The molecule has 0 radical (unpaired) electrons. The number of nitrogens with zero attached hydrogens (tertiary/aromatic N) is 3. The minimum absolute atomic E-state index is 0.296. The van der Waals surface area contributed by atoms with Crippen molar-refractivity contribution >= 4 is 20.9 Å². The summed E-state index contributed by atoms with van der Waals surface area (Å²) in [4.78, 5) is 9.01. The Labute approximate surface area is 151 Å². The normalized spacial score (nSPS) is 12.1. The van der Waals surface area contributed by atoms with Crippen molar-refractivity contribution in [2.45, 2.75) is 72.3 Å². The topological polar surface area (TPSA) is 64.8 Å². The predicted molar refractivity (Wildman–Crippen MR) is 104 cm³/mol. The average molecular weight is 366 g/mol. The Morgan fingerprint density at radius 2 is 1.72 bits per heavy atom. The van der Waals surface area contributed by atoms with Crippen LogP contribution in [0.5, 0.6) is 0 Å². The Morgan fingerprint density at radius 1 is 1.00 bits per heavy atom. The van der Waals surface area contributed by atoms with Crippen molar-refractivity contribution in [2.75, 3.05) is 11.5 Å². The lowest BCUT2D eigenvalue weighted by molar-refractivity contribution is 0.575. The van der Waals surface area contributed by atoms with Crippen LogP contribution < -0.4 is 0 Å². The molecule has 2 aromatic rings. The Kier molecular flexibility index (Phi) is 7.41. The van der Waals surface area contributed by atoms with E-state index < -0.39 is 9.84 Å². The van der Waals surface area contributed by atoms with E-state index in [1.54, 1.807) is 0 Å². The lowest BCUT2D eigenvalue weighted by Crippen LogP contribution is -2.12. The van der Waals surface area contributed by atoms with Crippen LogP contribution in [-0.2, 0) is 22.8 Å². The molecule has 2 rings (SSSR count). The smallest absolute Gasteiger partial charge is 0.150 e. The van der Waals surface area contributed by atoms with Crippen molar-refractivity contribution in [1.29, 1.82) is 0 Å². The molecule has 0 aliphatic carbocycles. The Bertz CT molecular complexity index is 781. The summed E-state index contributed by atoms with van der Waals surface area (Å²) in [5.74, 6) is 1.72. The number of aromatic nitrogens is 3. The second-order valence-electron chi connectivity index (χ2n) is 6.82. The zero-order chi connectivity index (χ0) is 18.3. The second kappa shape index (κ2) is 9.32. The molecule has 0 spiro atoms. The summed E-state index contributed by atoms with van der Waals surface area (Å²) in [6, 6.07) is 0. The standard InChI is InChI=1S/C19H31N3O2S/c1-4-6-10-18-21-17-15-20-14-16(3)19(17)22(18)11-8-9-13-25(23,24)12-7-5-2/h14-15H,4-13H2,1-3H3. The fraction of sp³-hybridized carbons (Fsp3) is 0.684. The van der Waals surface area contributed by atoms with Gasteiger partial charge in [0.15, 0.2) is 0 Å². The van der Waals surface area contributed by atoms with Crippen LogP contribution in [0.4, 0.5) is 0 Å². The van der Waals surface area contributed by atoms with E-state index in [2.05, 4.69) is 23.4 Å². The van der Waals surface area contributed by atoms with Gasteiger partial charge in [-0.15, -0.1) is 0 Å². The molecule has 6 heteroatoms. The molecule has 0 aliphatic heterocycles. The molecule has 0 saturated heterocycles. The lowest BCUT2D eigenvalue weighted by atomic mass is 10.2. The first kappa shape index (κ1) is 19.9. The van der Waals surface area contributed by atoms with Crippen LogP contribution in [0.15, 0.2) is 12.4 Å². The van der Waals surface area contributed by atoms with Crippen LogP contribution in [0.25, 0.3) is 11.0 Å². The molecule has 0 atom stereocenters. The van der Waals surface area contributed by atoms with E-state index in [4.69, 9.17) is 4.98 Å². The van der Waals surface area contributed by atoms with E-state index in [0.717, 1.165) is 67.5 Å². The second-order valence-corrected chi connectivity index (χ2v) is 9.12. The highest BCUT2D eigenvalue weighted by Gasteiger charge is 2.14. The maximum absolute atomic E-state index is 12.0. The van der Waals surface area contributed by atoms with E-state index in [-0.39, 0.29) is 0 Å². The minimum Gasteiger partial charge on any atom is -0.328 e. The highest BCUT2D eigenvalue weighted by atomic mass is 32.2. The first-order valence-electron chi connectivity index (χ1n) is 9.48. The molecule has 0 unspecified atom stereocenters. The van der Waals surface area contributed by atoms with Gasteiger partial charge >= 0.3 is 0 Å². The number of unbranched alkanes of at least 4 members (excludes halogenated alkanes) is 3. The van der Waals surface area contributed by atoms with Crippen LogP contribution in [0.1, 0.15) is 63.8 Å². The molecule has 2 aromatic heterocycles. The maximum Gasteiger partial charge on any atom is 0.150 e. The minimum atomic E-state index is -2.89. The summed E-state index contributed by atoms with van der Waals surface area (Å²) in [5, 5.41) is 0. The summed E-state index contributed by atoms with van der Waals surface area (Å²) in [6.45, 7) is 7.09. The quantitative estimate of drug-likeness (QED) is 0.563. The Morgan fingerprint density at radius 3 is 2.44 bits per heavy atom. The van der Waals surface area contributed by atoms with Gasteiger partial charge in [-0.2, -0.15) is 0 Å². The predicted octanol–water partition coefficient (Wildman–Crippen LogP) is 4.08. The van der Waals surface area contributed by atoms with E-state index in [1.807, 2.05) is 19.3 Å². The van der Waals surface area contributed by atoms with Crippen LogP contribution in [0.2, 0.25) is 0 Å². The molecular weight excluding hydrogens is 334 g/mol. The highest BCUT2D eigenvalue weighted by molar-refractivity contribution is 7.91. The van der Waals surface area contributed by atoms with Gasteiger partial charge in [0.1, 0.15) is 21.2 Å². The monoisotopic (exact) mass is 365 g/mol. The number of aryl methyl sites for hydroxylation is 3. The van der Waals surface area contributed by atoms with Gasteiger partial charge in [0, 0.05) is 19.2 Å². The number of imidazole rings is 1. The van der Waals surface area contributed by atoms with Crippen molar-refractivity contribution < 1.29 is 8.42 Å². The van der Waals surface area contributed by atoms with Crippen molar-refractivity contribution in [3.63, 3.8) is 0 Å². The molecule has 2 heterocycles. The number of rotatable bonds is 11. The zero-order valence-corrected chi connectivity index (χ0v) is 16.6. The molecule has 0 fully saturated rings. The van der Waals surface area contributed by atoms with Crippen molar-refractivity contribution in [3.05, 3.63) is 23.8 Å². The van der Waals surface area contributed by atoms with Crippen LogP contribution >= 0.6 is 0 Å². The fourth-order valence-corrected chi connectivity index (χ4v) is 4.71. The van der Waals surface area contributed by atoms with Gasteiger partial charge < -0.3 is 4.57 Å². The zero-order valence-electron chi connectivity index (χ0n) is 15.8. The molecule has 0 amide bonds. The largest absolute Gasteiger partial charge is 0.328 e. The van der Waals surface area contributed by atoms with Gasteiger partial charge in [-0.1, -0.05) is 26.7 Å². The summed E-state index contributed by atoms with van der Waals surface area (Å²) < 4.78 is 26.3. The molecule has 0 N–H and O–H groups in total. The molecule has 0 saturated carbocycles. The summed E-state index contributed by atoms with van der Waals surface area (Å²) in [6.07, 6.45) is 10.2. The van der Waals surface area contributed by atoms with Crippen molar-refractivity contribution in [3.8, 4) is 0 Å². The van der Waals surface area contributed by atoms with Gasteiger partial charge in [0.2, 0.25) is 0 Å². The third-order valence-electron chi connectivity index (χ3n) is 4.56. The molecule has 0 bridgehead atoms. The number of hydrogen-bond donors (Lipinski definition) is 0. The van der Waals surface area contributed by atoms with E-state index in [0.29, 0.717) is 17.9 Å². The highest BCUT2D eigenvalue weighted by Crippen LogP contribution is 2.21. The van der Waals surface area contributed by atoms with Gasteiger partial charge in [-0.05, 0) is 38.2 Å². The SMILES string of the molecule is CCCCc1nc2cncc(C)c2n1CCCCS(=O)(=O)CCCC. The molecular formula is C19H31N3O2S. The van der Waals surface area contributed by atoms with Crippen LogP contribution in [0, 0.1) is 6.92 Å². The van der Waals surface area contributed by atoms with Crippen LogP contribution in [0.3, 0.4) is 0 Å². The first-order chi connectivity index (χ1) is 12.0. The molecule has 25 heavy (non-hydrogen) atoms. The average Bonchev–Trinajstić information content (AvgIpc) is 2.94. The van der Waals surface area contributed by atoms with E-state index >= 15 is 0 Å². The summed E-state index contributed by atoms with van der Waals surface area (Å²) in [5.41, 5.74) is 3.22. The van der Waals surface area contributed by atoms with Gasteiger partial charge in [0.25, 0.3) is 0 Å². The van der Waals surface area contributed by atoms with Gasteiger partial charge in [-0.3, -0.25) is 4.98 Å². The number of sulfone groups is 1. The van der Waals surface area contributed by atoms with Crippen LogP contribution in [-0.4, -0.2) is 34.5 Å². The van der Waals surface area contributed by atoms with E-state index in [9.17, 15) is 8.42 Å². The third kappa shape index (κ3) is 5.53. The molecule has 140 valence electrons. The van der Waals surface area contributed by atoms with E-state index in [1.165, 1.54) is 0 Å². The molecule has 5 nitrogen and oxygen atoms in total. The third-order valence-corrected chi connectivity index (χ3v) is 6.38. The Balaban J connectivity index is 2.06. The molecule has 0 aromatic carbocycles. The number of pyridine rings is 1. The van der Waals surface area contributed by atoms with Gasteiger partial charge in [0.05, 0.1) is 23.2 Å². The number of hydrogen-bond acceptors (Lipinski definition) is 4. The lowest BCUT2D eigenvalue weighted by Gasteiger charge is -2.10. The summed E-state index contributed by atoms with van der Waals surface area (Å²) >= 11 is 0. The van der Waals surface area contributed by atoms with Crippen molar-refractivity contribution in [2.24, 2.45) is 0 Å². The molecule has 0 aliphatic rings. The van der Waals surface area contributed by atoms with Crippen molar-refractivity contribution in [1.82, 2.24) is 14.5 Å². The Hall–Kier alpha value is -1.43. The summed E-state index contributed by atoms with van der Waals surface area (Å²) in [7, 11) is -2.89.